The van der Waals surface area contributed by atoms with E-state index in [0.29, 0.717) is 10.6 Å². The van der Waals surface area contributed by atoms with Crippen molar-refractivity contribution in [1.82, 2.24) is 10.0 Å². The Bertz CT molecular complexity index is 805. The molecule has 118 valence electrons. The van der Waals surface area contributed by atoms with Gasteiger partial charge in [0.05, 0.1) is 17.1 Å². The molecule has 5 nitrogen and oxygen atoms in total. The average molecular weight is 424 g/mol. The van der Waals surface area contributed by atoms with Gasteiger partial charge in [-0.15, -0.1) is 11.3 Å². The molecule has 0 aliphatic heterocycles. The largest absolute Gasteiger partial charge is 0.347 e. The summed E-state index contributed by atoms with van der Waals surface area (Å²) in [5, 5.41) is 3.07. The molecule has 2 rings (SSSR count). The van der Waals surface area contributed by atoms with Crippen LogP contribution in [0.15, 0.2) is 39.0 Å². The van der Waals surface area contributed by atoms with E-state index in [1.165, 1.54) is 13.1 Å². The van der Waals surface area contributed by atoms with Crippen molar-refractivity contribution in [1.29, 1.82) is 0 Å². The van der Waals surface area contributed by atoms with Crippen molar-refractivity contribution in [2.45, 2.75) is 10.8 Å². The monoisotopic (exact) mass is 422 g/mol. The van der Waals surface area contributed by atoms with Gasteiger partial charge in [0, 0.05) is 9.35 Å². The molecular weight excluding hydrogens is 412 g/mol. The number of benzene rings is 1. The smallest absolute Gasteiger partial charge is 0.253 e. The van der Waals surface area contributed by atoms with Crippen LogP contribution in [0.25, 0.3) is 0 Å². The van der Waals surface area contributed by atoms with Crippen LogP contribution >= 0.6 is 38.9 Å². The minimum atomic E-state index is -3.45. The van der Waals surface area contributed by atoms with Gasteiger partial charge < -0.3 is 5.32 Å². The van der Waals surface area contributed by atoms with E-state index in [1.807, 2.05) is 0 Å². The second-order valence-electron chi connectivity index (χ2n) is 4.24. The summed E-state index contributed by atoms with van der Waals surface area (Å²) in [4.78, 5) is 12.8. The van der Waals surface area contributed by atoms with Crippen molar-refractivity contribution in [2.75, 3.05) is 7.05 Å². The van der Waals surface area contributed by atoms with Crippen LogP contribution in [0.3, 0.4) is 0 Å². The first-order valence-corrected chi connectivity index (χ1v) is 9.56. The summed E-state index contributed by atoms with van der Waals surface area (Å²) >= 11 is 10.4. The Kier molecular flexibility index (Phi) is 5.62. The Labute approximate surface area is 145 Å². The van der Waals surface area contributed by atoms with E-state index in [9.17, 15) is 13.2 Å². The number of rotatable bonds is 5. The number of sulfonamides is 1. The summed E-state index contributed by atoms with van der Waals surface area (Å²) in [6.07, 6.45) is 0. The molecule has 0 aliphatic rings. The predicted molar refractivity (Wildman–Crippen MR) is 90.9 cm³/mol. The minimum Gasteiger partial charge on any atom is -0.347 e. The minimum absolute atomic E-state index is 0.208. The fraction of sp³-hybridized carbons (Fsp3) is 0.154. The normalized spacial score (nSPS) is 11.4. The highest BCUT2D eigenvalue weighted by molar-refractivity contribution is 9.10. The van der Waals surface area contributed by atoms with E-state index in [-0.39, 0.29) is 16.7 Å². The van der Waals surface area contributed by atoms with Crippen molar-refractivity contribution in [3.8, 4) is 0 Å². The molecule has 22 heavy (non-hydrogen) atoms. The molecule has 0 radical (unpaired) electrons. The number of amides is 1. The summed E-state index contributed by atoms with van der Waals surface area (Å²) in [5.41, 5.74) is 0.357. The SMILES string of the molecule is CNS(=O)(=O)c1ccc(CNC(=O)c2cc(Br)ccc2Cl)s1. The maximum atomic E-state index is 12.1. The molecule has 0 atom stereocenters. The summed E-state index contributed by atoms with van der Waals surface area (Å²) < 4.78 is 26.5. The highest BCUT2D eigenvalue weighted by atomic mass is 79.9. The summed E-state index contributed by atoms with van der Waals surface area (Å²) in [7, 11) is -2.10. The van der Waals surface area contributed by atoms with E-state index in [2.05, 4.69) is 26.0 Å². The van der Waals surface area contributed by atoms with Gasteiger partial charge in [-0.2, -0.15) is 0 Å². The number of carbonyl (C=O) groups excluding carboxylic acids is 1. The van der Waals surface area contributed by atoms with Crippen molar-refractivity contribution >= 4 is 54.8 Å². The highest BCUT2D eigenvalue weighted by Crippen LogP contribution is 2.23. The number of nitrogens with one attached hydrogen (secondary N) is 2. The van der Waals surface area contributed by atoms with E-state index >= 15 is 0 Å². The van der Waals surface area contributed by atoms with Crippen molar-refractivity contribution in [2.24, 2.45) is 0 Å². The third-order valence-corrected chi connectivity index (χ3v) is 6.58. The maximum absolute atomic E-state index is 12.1. The molecule has 0 spiro atoms. The van der Waals surface area contributed by atoms with E-state index in [1.54, 1.807) is 24.3 Å². The van der Waals surface area contributed by atoms with Gasteiger partial charge in [-0.3, -0.25) is 4.79 Å². The number of carbonyl (C=O) groups is 1. The van der Waals surface area contributed by atoms with Crippen molar-refractivity contribution < 1.29 is 13.2 Å². The first kappa shape index (κ1) is 17.4. The first-order chi connectivity index (χ1) is 10.3. The zero-order valence-corrected chi connectivity index (χ0v) is 15.4. The lowest BCUT2D eigenvalue weighted by Gasteiger charge is -2.06. The quantitative estimate of drug-likeness (QED) is 0.776. The van der Waals surface area contributed by atoms with Gasteiger partial charge in [-0.25, -0.2) is 13.1 Å². The van der Waals surface area contributed by atoms with Crippen LogP contribution < -0.4 is 10.0 Å². The van der Waals surface area contributed by atoms with Crippen molar-refractivity contribution in [3.05, 3.63) is 50.3 Å². The molecule has 0 saturated heterocycles. The van der Waals surface area contributed by atoms with Crippen LogP contribution in [0.5, 0.6) is 0 Å². The second kappa shape index (κ2) is 7.10. The van der Waals surface area contributed by atoms with Gasteiger partial charge in [-0.1, -0.05) is 27.5 Å². The standard InChI is InChI=1S/C13H12BrClN2O3S2/c1-16-22(19,20)12-5-3-9(21-12)7-17-13(18)10-6-8(14)2-4-11(10)15/h2-6,16H,7H2,1H3,(H,17,18). The Balaban J connectivity index is 2.07. The van der Waals surface area contributed by atoms with Gasteiger partial charge in [0.15, 0.2) is 0 Å². The molecule has 0 fully saturated rings. The molecule has 0 saturated carbocycles. The zero-order valence-electron chi connectivity index (χ0n) is 11.4. The molecule has 0 bridgehead atoms. The average Bonchev–Trinajstić information content (AvgIpc) is 2.97. The third-order valence-electron chi connectivity index (χ3n) is 2.77. The number of halogens is 2. The van der Waals surface area contributed by atoms with Gasteiger partial charge in [0.25, 0.3) is 5.91 Å². The lowest BCUT2D eigenvalue weighted by molar-refractivity contribution is 0.0951. The Morgan fingerprint density at radius 2 is 2.05 bits per heavy atom. The lowest BCUT2D eigenvalue weighted by atomic mass is 10.2. The Morgan fingerprint density at radius 3 is 2.73 bits per heavy atom. The summed E-state index contributed by atoms with van der Waals surface area (Å²) in [5.74, 6) is -0.322. The fourth-order valence-electron chi connectivity index (χ4n) is 1.63. The van der Waals surface area contributed by atoms with Gasteiger partial charge in [-0.05, 0) is 37.4 Å². The van der Waals surface area contributed by atoms with E-state index < -0.39 is 10.0 Å². The molecule has 2 N–H and O–H groups in total. The van der Waals surface area contributed by atoms with Crippen LogP contribution in [0.2, 0.25) is 5.02 Å². The molecule has 0 aliphatic carbocycles. The van der Waals surface area contributed by atoms with Crippen LogP contribution in [0, 0.1) is 0 Å². The molecule has 2 aromatic rings. The van der Waals surface area contributed by atoms with Gasteiger partial charge in [0.2, 0.25) is 10.0 Å². The number of hydrogen-bond acceptors (Lipinski definition) is 4. The van der Waals surface area contributed by atoms with Crippen molar-refractivity contribution in [3.63, 3.8) is 0 Å². The molecule has 0 unspecified atom stereocenters. The highest BCUT2D eigenvalue weighted by Gasteiger charge is 2.15. The molecule has 1 amide bonds. The predicted octanol–water partition coefficient (Wildman–Crippen LogP) is 3.00. The van der Waals surface area contributed by atoms with Crippen LogP contribution in [-0.4, -0.2) is 21.4 Å². The molecule has 1 aromatic heterocycles. The second-order valence-corrected chi connectivity index (χ2v) is 8.84. The molecule has 1 aromatic carbocycles. The molecular formula is C13H12BrClN2O3S2. The maximum Gasteiger partial charge on any atom is 0.253 e. The zero-order chi connectivity index (χ0) is 16.3. The molecule has 1 heterocycles. The van der Waals surface area contributed by atoms with Gasteiger partial charge >= 0.3 is 0 Å². The Hall–Kier alpha value is -0.930. The van der Waals surface area contributed by atoms with Gasteiger partial charge in [0.1, 0.15) is 4.21 Å². The molecule has 9 heteroatoms. The summed E-state index contributed by atoms with van der Waals surface area (Å²) in [6.45, 7) is 0.228. The first-order valence-electron chi connectivity index (χ1n) is 6.09. The van der Waals surface area contributed by atoms with E-state index in [4.69, 9.17) is 11.6 Å². The third kappa shape index (κ3) is 4.08. The van der Waals surface area contributed by atoms with Crippen LogP contribution in [0.1, 0.15) is 15.2 Å². The number of thiophene rings is 1. The number of hydrogen-bond donors (Lipinski definition) is 2. The van der Waals surface area contributed by atoms with Crippen LogP contribution in [-0.2, 0) is 16.6 Å². The van der Waals surface area contributed by atoms with E-state index in [0.717, 1.165) is 20.7 Å². The fourth-order valence-corrected chi connectivity index (χ4v) is 4.33. The summed E-state index contributed by atoms with van der Waals surface area (Å²) in [6, 6.07) is 8.17. The topological polar surface area (TPSA) is 75.3 Å². The van der Waals surface area contributed by atoms with Crippen LogP contribution in [0.4, 0.5) is 0 Å². The lowest BCUT2D eigenvalue weighted by Crippen LogP contribution is -2.22. The Morgan fingerprint density at radius 1 is 1.32 bits per heavy atom.